The highest BCUT2D eigenvalue weighted by molar-refractivity contribution is 6.37. The average Bonchev–Trinajstić information content (AvgIpc) is 3.02. The van der Waals surface area contributed by atoms with Gasteiger partial charge >= 0.3 is 5.97 Å². The van der Waals surface area contributed by atoms with Crippen molar-refractivity contribution >= 4 is 51.9 Å². The Kier molecular flexibility index (Phi) is 4.60. The minimum absolute atomic E-state index is 0.145. The molecule has 0 saturated carbocycles. The number of hydrogen-bond donors (Lipinski definition) is 0. The number of rotatable bonds is 3. The number of hydrogen-bond acceptors (Lipinski definition) is 4. The third kappa shape index (κ3) is 3.29. The van der Waals surface area contributed by atoms with Crippen LogP contribution in [0, 0.1) is 0 Å². The van der Waals surface area contributed by atoms with Crippen molar-refractivity contribution in [2.45, 2.75) is 0 Å². The second-order valence-corrected chi connectivity index (χ2v) is 6.71. The standard InChI is InChI=1S/C21H13Cl2NO3/c1-26-19-9-6-12-4-2-3-5-14(12)16(19)11-18-21(25)27-20(24-18)15-8-7-13(22)10-17(15)23/h2-11H,1H3. The Labute approximate surface area is 165 Å². The lowest BCUT2D eigenvalue weighted by Gasteiger charge is -2.08. The van der Waals surface area contributed by atoms with Gasteiger partial charge in [-0.05, 0) is 41.1 Å². The number of benzene rings is 3. The summed E-state index contributed by atoms with van der Waals surface area (Å²) in [7, 11) is 1.58. The van der Waals surface area contributed by atoms with Crippen LogP contribution in [0.2, 0.25) is 10.0 Å². The molecule has 6 heteroatoms. The van der Waals surface area contributed by atoms with Crippen molar-refractivity contribution in [2.75, 3.05) is 7.11 Å². The van der Waals surface area contributed by atoms with E-state index in [-0.39, 0.29) is 11.6 Å². The summed E-state index contributed by atoms with van der Waals surface area (Å²) >= 11 is 12.1. The molecule has 0 N–H and O–H groups in total. The Balaban J connectivity index is 1.84. The minimum Gasteiger partial charge on any atom is -0.496 e. The molecule has 1 heterocycles. The van der Waals surface area contributed by atoms with E-state index in [0.717, 1.165) is 16.3 Å². The van der Waals surface area contributed by atoms with Crippen LogP contribution >= 0.6 is 23.2 Å². The predicted octanol–water partition coefficient (Wildman–Crippen LogP) is 5.50. The number of ether oxygens (including phenoxy) is 2. The molecule has 0 aliphatic carbocycles. The number of fused-ring (bicyclic) bond motifs is 1. The van der Waals surface area contributed by atoms with Gasteiger partial charge in [-0.2, -0.15) is 0 Å². The Morgan fingerprint density at radius 1 is 1.07 bits per heavy atom. The molecule has 0 saturated heterocycles. The van der Waals surface area contributed by atoms with E-state index in [0.29, 0.717) is 21.4 Å². The van der Waals surface area contributed by atoms with Crippen LogP contribution < -0.4 is 4.74 Å². The molecule has 0 fully saturated rings. The highest BCUT2D eigenvalue weighted by Crippen LogP contribution is 2.32. The Morgan fingerprint density at radius 3 is 2.67 bits per heavy atom. The molecule has 0 unspecified atom stereocenters. The van der Waals surface area contributed by atoms with Crippen molar-refractivity contribution in [1.82, 2.24) is 0 Å². The first-order valence-electron chi connectivity index (χ1n) is 8.10. The second kappa shape index (κ2) is 7.06. The highest BCUT2D eigenvalue weighted by Gasteiger charge is 2.26. The molecule has 1 aliphatic rings. The highest BCUT2D eigenvalue weighted by atomic mass is 35.5. The minimum atomic E-state index is -0.550. The largest absolute Gasteiger partial charge is 0.496 e. The summed E-state index contributed by atoms with van der Waals surface area (Å²) in [5.74, 6) is 0.236. The van der Waals surface area contributed by atoms with Gasteiger partial charge in [-0.3, -0.25) is 0 Å². The zero-order valence-corrected chi connectivity index (χ0v) is 15.7. The molecule has 0 amide bonds. The van der Waals surface area contributed by atoms with E-state index in [9.17, 15) is 4.79 Å². The lowest BCUT2D eigenvalue weighted by atomic mass is 10.0. The van der Waals surface area contributed by atoms with Gasteiger partial charge in [0, 0.05) is 10.6 Å². The molecular formula is C21H13Cl2NO3. The number of nitrogens with zero attached hydrogens (tertiary/aromatic N) is 1. The fourth-order valence-electron chi connectivity index (χ4n) is 2.93. The Morgan fingerprint density at radius 2 is 1.89 bits per heavy atom. The first kappa shape index (κ1) is 17.6. The molecule has 27 heavy (non-hydrogen) atoms. The number of aliphatic imine (C=N–C) groups is 1. The smallest absolute Gasteiger partial charge is 0.363 e. The summed E-state index contributed by atoms with van der Waals surface area (Å²) in [4.78, 5) is 16.7. The number of halogens is 2. The molecule has 1 aliphatic heterocycles. The van der Waals surface area contributed by atoms with Gasteiger partial charge in [-0.15, -0.1) is 0 Å². The fraction of sp³-hybridized carbons (Fsp3) is 0.0476. The molecule has 0 radical (unpaired) electrons. The molecule has 0 aromatic heterocycles. The number of carbonyl (C=O) groups excluding carboxylic acids is 1. The van der Waals surface area contributed by atoms with Crippen LogP contribution in [0.25, 0.3) is 16.8 Å². The molecule has 4 nitrogen and oxygen atoms in total. The number of carbonyl (C=O) groups is 1. The maximum absolute atomic E-state index is 12.4. The number of cyclic esters (lactones) is 1. The quantitative estimate of drug-likeness (QED) is 0.432. The molecule has 0 spiro atoms. The monoisotopic (exact) mass is 397 g/mol. The van der Waals surface area contributed by atoms with Crippen LogP contribution in [0.3, 0.4) is 0 Å². The van der Waals surface area contributed by atoms with Crippen molar-refractivity contribution in [3.63, 3.8) is 0 Å². The van der Waals surface area contributed by atoms with Gasteiger partial charge in [0.15, 0.2) is 5.70 Å². The van der Waals surface area contributed by atoms with Gasteiger partial charge in [0.1, 0.15) is 5.75 Å². The van der Waals surface area contributed by atoms with Crippen LogP contribution in [0.5, 0.6) is 5.75 Å². The lowest BCUT2D eigenvalue weighted by Crippen LogP contribution is -2.06. The molecule has 3 aromatic carbocycles. The van der Waals surface area contributed by atoms with Crippen molar-refractivity contribution < 1.29 is 14.3 Å². The molecule has 4 rings (SSSR count). The second-order valence-electron chi connectivity index (χ2n) is 5.86. The van der Waals surface area contributed by atoms with E-state index >= 15 is 0 Å². The van der Waals surface area contributed by atoms with E-state index in [1.54, 1.807) is 31.4 Å². The van der Waals surface area contributed by atoms with Crippen LogP contribution in [-0.2, 0) is 9.53 Å². The van der Waals surface area contributed by atoms with E-state index in [2.05, 4.69) is 4.99 Å². The molecule has 3 aromatic rings. The predicted molar refractivity (Wildman–Crippen MR) is 108 cm³/mol. The van der Waals surface area contributed by atoms with Crippen LogP contribution in [-0.4, -0.2) is 19.0 Å². The number of methoxy groups -OCH3 is 1. The Bertz CT molecular complexity index is 1140. The van der Waals surface area contributed by atoms with Crippen molar-refractivity contribution in [3.05, 3.63) is 81.5 Å². The summed E-state index contributed by atoms with van der Waals surface area (Å²) < 4.78 is 10.8. The van der Waals surface area contributed by atoms with Gasteiger partial charge in [0.2, 0.25) is 5.90 Å². The van der Waals surface area contributed by atoms with Crippen molar-refractivity contribution in [2.24, 2.45) is 4.99 Å². The third-order valence-electron chi connectivity index (χ3n) is 4.21. The first-order chi connectivity index (χ1) is 13.1. The van der Waals surface area contributed by atoms with Crippen LogP contribution in [0.1, 0.15) is 11.1 Å². The SMILES string of the molecule is COc1ccc2ccccc2c1C=C1N=C(c2ccc(Cl)cc2Cl)OC1=O. The summed E-state index contributed by atoms with van der Waals surface area (Å²) in [5, 5.41) is 2.83. The fourth-order valence-corrected chi connectivity index (χ4v) is 3.42. The topological polar surface area (TPSA) is 47.9 Å². The van der Waals surface area contributed by atoms with E-state index in [1.165, 1.54) is 0 Å². The van der Waals surface area contributed by atoms with Gasteiger partial charge < -0.3 is 9.47 Å². The van der Waals surface area contributed by atoms with Gasteiger partial charge in [0.05, 0.1) is 17.7 Å². The van der Waals surface area contributed by atoms with E-state index in [4.69, 9.17) is 32.7 Å². The maximum Gasteiger partial charge on any atom is 0.363 e. The summed E-state index contributed by atoms with van der Waals surface area (Å²) in [5.41, 5.74) is 1.43. The molecular weight excluding hydrogens is 385 g/mol. The van der Waals surface area contributed by atoms with Crippen LogP contribution in [0.4, 0.5) is 0 Å². The maximum atomic E-state index is 12.4. The van der Waals surface area contributed by atoms with Gasteiger partial charge in [-0.1, -0.05) is 53.5 Å². The summed E-state index contributed by atoms with van der Waals surface area (Å²) in [6, 6.07) is 16.6. The van der Waals surface area contributed by atoms with Gasteiger partial charge in [0.25, 0.3) is 0 Å². The number of esters is 1. The average molecular weight is 398 g/mol. The molecule has 134 valence electrons. The zero-order valence-electron chi connectivity index (χ0n) is 14.2. The molecule has 0 bridgehead atoms. The lowest BCUT2D eigenvalue weighted by molar-refractivity contribution is -0.129. The third-order valence-corrected chi connectivity index (χ3v) is 4.76. The Hall–Kier alpha value is -2.82. The summed E-state index contributed by atoms with van der Waals surface area (Å²) in [6.07, 6.45) is 1.67. The van der Waals surface area contributed by atoms with Crippen molar-refractivity contribution in [1.29, 1.82) is 0 Å². The molecule has 0 atom stereocenters. The van der Waals surface area contributed by atoms with E-state index in [1.807, 2.05) is 36.4 Å². The first-order valence-corrected chi connectivity index (χ1v) is 8.86. The summed E-state index contributed by atoms with van der Waals surface area (Å²) in [6.45, 7) is 0. The van der Waals surface area contributed by atoms with Crippen molar-refractivity contribution in [3.8, 4) is 5.75 Å². The van der Waals surface area contributed by atoms with Crippen LogP contribution in [0.15, 0.2) is 65.3 Å². The van der Waals surface area contributed by atoms with E-state index < -0.39 is 5.97 Å². The van der Waals surface area contributed by atoms with Gasteiger partial charge in [-0.25, -0.2) is 9.79 Å². The normalized spacial score (nSPS) is 15.1. The zero-order chi connectivity index (χ0) is 19.0.